The Morgan fingerprint density at radius 2 is 2.05 bits per heavy atom. The SMILES string of the molecule is CSc1ccc(C(=O)COc2cccnc2[N+](=O)[O-])cc1. The number of rotatable bonds is 6. The number of carbonyl (C=O) groups excluding carboxylic acids is 1. The van der Waals surface area contributed by atoms with Crippen LogP contribution < -0.4 is 4.74 Å². The fourth-order valence-corrected chi connectivity index (χ4v) is 2.04. The van der Waals surface area contributed by atoms with Gasteiger partial charge in [0.05, 0.1) is 0 Å². The monoisotopic (exact) mass is 304 g/mol. The standard InChI is InChI=1S/C14H12N2O4S/c1-21-11-6-4-10(5-7-11)12(17)9-20-13-3-2-8-15-14(13)16(18)19/h2-8H,9H2,1H3. The molecule has 0 saturated heterocycles. The molecule has 0 saturated carbocycles. The zero-order valence-electron chi connectivity index (χ0n) is 11.2. The molecule has 7 heteroatoms. The predicted molar refractivity (Wildman–Crippen MR) is 78.9 cm³/mol. The van der Waals surface area contributed by atoms with Gasteiger partial charge >= 0.3 is 5.82 Å². The van der Waals surface area contributed by atoms with Gasteiger partial charge in [-0.3, -0.25) is 4.79 Å². The zero-order valence-corrected chi connectivity index (χ0v) is 12.0. The summed E-state index contributed by atoms with van der Waals surface area (Å²) in [6.45, 7) is -0.273. The molecule has 0 amide bonds. The van der Waals surface area contributed by atoms with Crippen molar-refractivity contribution in [1.82, 2.24) is 4.98 Å². The van der Waals surface area contributed by atoms with Gasteiger partial charge in [-0.05, 0) is 40.4 Å². The average molecular weight is 304 g/mol. The second-order valence-electron chi connectivity index (χ2n) is 4.02. The first kappa shape index (κ1) is 15.0. The van der Waals surface area contributed by atoms with Gasteiger partial charge in [-0.25, -0.2) is 0 Å². The van der Waals surface area contributed by atoms with E-state index in [-0.39, 0.29) is 18.1 Å². The van der Waals surface area contributed by atoms with Crippen molar-refractivity contribution >= 4 is 23.4 Å². The summed E-state index contributed by atoms with van der Waals surface area (Å²) >= 11 is 1.58. The molecule has 0 fully saturated rings. The van der Waals surface area contributed by atoms with Gasteiger partial charge < -0.3 is 14.9 Å². The number of hydrogen-bond acceptors (Lipinski definition) is 6. The maximum atomic E-state index is 12.0. The van der Waals surface area contributed by atoms with Crippen molar-refractivity contribution in [3.63, 3.8) is 0 Å². The number of ether oxygens (including phenoxy) is 1. The number of nitro groups is 1. The summed E-state index contributed by atoms with van der Waals surface area (Å²) in [6.07, 6.45) is 3.25. The second kappa shape index (κ2) is 6.85. The van der Waals surface area contributed by atoms with Gasteiger partial charge in [-0.15, -0.1) is 11.8 Å². The summed E-state index contributed by atoms with van der Waals surface area (Å²) in [5.41, 5.74) is 0.499. The number of benzene rings is 1. The van der Waals surface area contributed by atoms with E-state index in [2.05, 4.69) is 4.98 Å². The highest BCUT2D eigenvalue weighted by atomic mass is 32.2. The molecule has 0 N–H and O–H groups in total. The maximum Gasteiger partial charge on any atom is 0.406 e. The van der Waals surface area contributed by atoms with Crippen molar-refractivity contribution in [2.24, 2.45) is 0 Å². The minimum atomic E-state index is -0.646. The van der Waals surface area contributed by atoms with Crippen molar-refractivity contribution in [3.05, 3.63) is 58.3 Å². The van der Waals surface area contributed by atoms with Gasteiger partial charge in [0, 0.05) is 10.5 Å². The summed E-state index contributed by atoms with van der Waals surface area (Å²) in [7, 11) is 0. The summed E-state index contributed by atoms with van der Waals surface area (Å²) in [6, 6.07) is 10.0. The van der Waals surface area contributed by atoms with Crippen LogP contribution in [0.25, 0.3) is 0 Å². The van der Waals surface area contributed by atoms with E-state index in [9.17, 15) is 14.9 Å². The molecule has 1 aromatic heterocycles. The number of pyridine rings is 1. The number of ketones is 1. The first-order chi connectivity index (χ1) is 10.1. The average Bonchev–Trinajstić information content (AvgIpc) is 2.52. The molecule has 0 aliphatic rings. The van der Waals surface area contributed by atoms with Gasteiger partial charge in [-0.2, -0.15) is 0 Å². The summed E-state index contributed by atoms with van der Waals surface area (Å²) in [4.78, 5) is 26.8. The molecule has 2 aromatic rings. The van der Waals surface area contributed by atoms with E-state index in [1.54, 1.807) is 23.9 Å². The molecule has 0 atom stereocenters. The van der Waals surface area contributed by atoms with Crippen LogP contribution in [0.4, 0.5) is 5.82 Å². The lowest BCUT2D eigenvalue weighted by Gasteiger charge is -2.06. The summed E-state index contributed by atoms with van der Waals surface area (Å²) < 4.78 is 5.21. The molecule has 0 bridgehead atoms. The van der Waals surface area contributed by atoms with Crippen molar-refractivity contribution in [2.75, 3.05) is 12.9 Å². The Morgan fingerprint density at radius 1 is 1.33 bits per heavy atom. The highest BCUT2D eigenvalue weighted by molar-refractivity contribution is 7.98. The first-order valence-electron chi connectivity index (χ1n) is 6.01. The largest absolute Gasteiger partial charge is 0.477 e. The van der Waals surface area contributed by atoms with Crippen LogP contribution in [0.2, 0.25) is 0 Å². The van der Waals surface area contributed by atoms with Gasteiger partial charge in [0.1, 0.15) is 6.20 Å². The lowest BCUT2D eigenvalue weighted by molar-refractivity contribution is -0.390. The van der Waals surface area contributed by atoms with Crippen LogP contribution in [-0.2, 0) is 0 Å². The van der Waals surface area contributed by atoms with Gasteiger partial charge in [-0.1, -0.05) is 12.1 Å². The number of hydrogen-bond donors (Lipinski definition) is 0. The quantitative estimate of drug-likeness (QED) is 0.353. The normalized spacial score (nSPS) is 10.1. The fraction of sp³-hybridized carbons (Fsp3) is 0.143. The topological polar surface area (TPSA) is 82.3 Å². The zero-order chi connectivity index (χ0) is 15.2. The second-order valence-corrected chi connectivity index (χ2v) is 4.90. The van der Waals surface area contributed by atoms with Crippen LogP contribution in [0.3, 0.4) is 0 Å². The van der Waals surface area contributed by atoms with Gasteiger partial charge in [0.2, 0.25) is 5.75 Å². The van der Waals surface area contributed by atoms with Crippen LogP contribution in [0.1, 0.15) is 10.4 Å². The molecule has 0 aliphatic carbocycles. The van der Waals surface area contributed by atoms with Crippen LogP contribution >= 0.6 is 11.8 Å². The summed E-state index contributed by atoms with van der Waals surface area (Å²) in [5, 5.41) is 10.8. The predicted octanol–water partition coefficient (Wildman–Crippen LogP) is 2.97. The third-order valence-electron chi connectivity index (χ3n) is 2.69. The Kier molecular flexibility index (Phi) is 4.89. The molecule has 1 aromatic carbocycles. The van der Waals surface area contributed by atoms with E-state index in [1.807, 2.05) is 18.4 Å². The van der Waals surface area contributed by atoms with Crippen molar-refractivity contribution in [2.45, 2.75) is 4.90 Å². The van der Waals surface area contributed by atoms with E-state index < -0.39 is 10.7 Å². The lowest BCUT2D eigenvalue weighted by atomic mass is 10.1. The van der Waals surface area contributed by atoms with Crippen LogP contribution in [0.5, 0.6) is 5.75 Å². The molecule has 0 radical (unpaired) electrons. The number of Topliss-reactive ketones (excluding diaryl/α,β-unsaturated/α-hetero) is 1. The minimum Gasteiger partial charge on any atom is -0.477 e. The minimum absolute atomic E-state index is 0.0171. The van der Waals surface area contributed by atoms with E-state index in [1.165, 1.54) is 18.3 Å². The Labute approximate surface area is 125 Å². The van der Waals surface area contributed by atoms with E-state index >= 15 is 0 Å². The lowest BCUT2D eigenvalue weighted by Crippen LogP contribution is -2.12. The smallest absolute Gasteiger partial charge is 0.406 e. The van der Waals surface area contributed by atoms with Crippen LogP contribution in [0, 0.1) is 10.1 Å². The summed E-state index contributed by atoms with van der Waals surface area (Å²) in [5.74, 6) is -0.666. The Balaban J connectivity index is 2.05. The van der Waals surface area contributed by atoms with E-state index in [4.69, 9.17) is 4.74 Å². The number of carbonyl (C=O) groups is 1. The van der Waals surface area contributed by atoms with Crippen molar-refractivity contribution in [3.8, 4) is 5.75 Å². The Bertz CT molecular complexity index is 658. The van der Waals surface area contributed by atoms with Crippen molar-refractivity contribution in [1.29, 1.82) is 0 Å². The molecular weight excluding hydrogens is 292 g/mol. The van der Waals surface area contributed by atoms with Crippen LogP contribution in [-0.4, -0.2) is 28.6 Å². The third kappa shape index (κ3) is 3.79. The number of aromatic nitrogens is 1. The van der Waals surface area contributed by atoms with Gasteiger partial charge in [0.15, 0.2) is 12.4 Å². The molecule has 1 heterocycles. The molecule has 108 valence electrons. The van der Waals surface area contributed by atoms with E-state index in [0.717, 1.165) is 4.90 Å². The van der Waals surface area contributed by atoms with E-state index in [0.29, 0.717) is 5.56 Å². The molecule has 2 rings (SSSR count). The molecule has 0 unspecified atom stereocenters. The van der Waals surface area contributed by atoms with Crippen molar-refractivity contribution < 1.29 is 14.5 Å². The Hall–Kier alpha value is -2.41. The maximum absolute atomic E-state index is 12.0. The number of thioether (sulfide) groups is 1. The first-order valence-corrected chi connectivity index (χ1v) is 7.23. The molecular formula is C14H12N2O4S. The highest BCUT2D eigenvalue weighted by Gasteiger charge is 2.17. The molecule has 6 nitrogen and oxygen atoms in total. The number of nitrogens with zero attached hydrogens (tertiary/aromatic N) is 2. The molecule has 21 heavy (non-hydrogen) atoms. The van der Waals surface area contributed by atoms with Gasteiger partial charge in [0.25, 0.3) is 0 Å². The molecule has 0 aliphatic heterocycles. The fourth-order valence-electron chi connectivity index (χ4n) is 1.64. The Morgan fingerprint density at radius 3 is 2.67 bits per heavy atom. The highest BCUT2D eigenvalue weighted by Crippen LogP contribution is 2.23. The molecule has 0 spiro atoms. The third-order valence-corrected chi connectivity index (χ3v) is 3.44. The van der Waals surface area contributed by atoms with Crippen LogP contribution in [0.15, 0.2) is 47.5 Å².